The number of pyridine rings is 1. The van der Waals surface area contributed by atoms with Gasteiger partial charge in [-0.1, -0.05) is 13.3 Å². The molecule has 0 fully saturated rings. The van der Waals surface area contributed by atoms with Gasteiger partial charge in [0.15, 0.2) is 5.82 Å². The van der Waals surface area contributed by atoms with Gasteiger partial charge in [0, 0.05) is 17.8 Å². The second-order valence-corrected chi connectivity index (χ2v) is 5.51. The molecule has 106 valence electrons. The largest absolute Gasteiger partial charge is 0.310 e. The number of hydrogen-bond donors (Lipinski definition) is 1. The van der Waals surface area contributed by atoms with E-state index >= 15 is 0 Å². The Bertz CT molecular complexity index is 588. The van der Waals surface area contributed by atoms with E-state index in [1.807, 2.05) is 23.1 Å². The highest BCUT2D eigenvalue weighted by Gasteiger charge is 2.22. The zero-order chi connectivity index (χ0) is 13.9. The number of nitrogens with one attached hydrogen (secondary N) is 1. The van der Waals surface area contributed by atoms with Crippen LogP contribution in [0.15, 0.2) is 24.5 Å². The zero-order valence-corrected chi connectivity index (χ0v) is 12.3. The van der Waals surface area contributed by atoms with Gasteiger partial charge in [-0.05, 0) is 50.4 Å². The Morgan fingerprint density at radius 1 is 1.40 bits per heavy atom. The Labute approximate surface area is 120 Å². The molecule has 2 heterocycles. The van der Waals surface area contributed by atoms with Crippen LogP contribution in [0.4, 0.5) is 0 Å². The highest BCUT2D eigenvalue weighted by molar-refractivity contribution is 5.33. The van der Waals surface area contributed by atoms with Crippen LogP contribution in [0.25, 0.3) is 5.82 Å². The number of aromatic nitrogens is 3. The first-order valence-corrected chi connectivity index (χ1v) is 7.53. The Morgan fingerprint density at radius 3 is 3.10 bits per heavy atom. The van der Waals surface area contributed by atoms with Crippen molar-refractivity contribution in [3.05, 3.63) is 41.3 Å². The molecular weight excluding hydrogens is 248 g/mol. The molecule has 0 radical (unpaired) electrons. The molecule has 1 unspecified atom stereocenters. The first-order valence-electron chi connectivity index (χ1n) is 7.53. The lowest BCUT2D eigenvalue weighted by Gasteiger charge is -2.15. The monoisotopic (exact) mass is 270 g/mol. The molecule has 3 rings (SSSR count). The van der Waals surface area contributed by atoms with E-state index in [1.165, 1.54) is 36.1 Å². The molecule has 0 saturated carbocycles. The summed E-state index contributed by atoms with van der Waals surface area (Å²) in [5, 5.41) is 8.18. The van der Waals surface area contributed by atoms with Gasteiger partial charge < -0.3 is 5.32 Å². The average Bonchev–Trinajstić information content (AvgIpc) is 2.76. The van der Waals surface area contributed by atoms with Gasteiger partial charge in [0.25, 0.3) is 0 Å². The highest BCUT2D eigenvalue weighted by Crippen LogP contribution is 2.29. The van der Waals surface area contributed by atoms with Crippen molar-refractivity contribution in [1.29, 1.82) is 0 Å². The lowest BCUT2D eigenvalue weighted by atomic mass is 10.1. The fourth-order valence-electron chi connectivity index (χ4n) is 3.02. The maximum Gasteiger partial charge on any atom is 0.153 e. The Hall–Kier alpha value is -1.68. The molecule has 1 aliphatic rings. The molecule has 1 N–H and O–H groups in total. The van der Waals surface area contributed by atoms with Crippen molar-refractivity contribution < 1.29 is 0 Å². The van der Waals surface area contributed by atoms with Crippen molar-refractivity contribution in [2.75, 3.05) is 6.54 Å². The third-order valence-electron chi connectivity index (χ3n) is 4.00. The molecule has 0 saturated heterocycles. The van der Waals surface area contributed by atoms with Gasteiger partial charge in [-0.3, -0.25) is 0 Å². The molecule has 2 aromatic heterocycles. The third-order valence-corrected chi connectivity index (χ3v) is 4.00. The summed E-state index contributed by atoms with van der Waals surface area (Å²) in [5.41, 5.74) is 3.90. The summed E-state index contributed by atoms with van der Waals surface area (Å²) < 4.78 is 2.03. The molecule has 0 amide bonds. The Morgan fingerprint density at radius 2 is 2.30 bits per heavy atom. The molecule has 4 heteroatoms. The van der Waals surface area contributed by atoms with Crippen LogP contribution in [0.3, 0.4) is 0 Å². The van der Waals surface area contributed by atoms with Crippen LogP contribution in [-0.4, -0.2) is 21.3 Å². The van der Waals surface area contributed by atoms with Crippen molar-refractivity contribution in [3.8, 4) is 5.82 Å². The predicted molar refractivity (Wildman–Crippen MR) is 80.1 cm³/mol. The molecule has 0 bridgehead atoms. The van der Waals surface area contributed by atoms with Gasteiger partial charge in [0.2, 0.25) is 0 Å². The molecule has 20 heavy (non-hydrogen) atoms. The van der Waals surface area contributed by atoms with E-state index in [-0.39, 0.29) is 0 Å². The van der Waals surface area contributed by atoms with Crippen molar-refractivity contribution in [3.63, 3.8) is 0 Å². The van der Waals surface area contributed by atoms with Gasteiger partial charge in [-0.2, -0.15) is 5.10 Å². The second kappa shape index (κ2) is 5.75. The standard InChI is InChI=1S/C16H22N4/c1-3-17-14-6-4-5-7-15-13(14)11-19-20(15)16-10-12(2)8-9-18-16/h8-11,14,17H,3-7H2,1-2H3. The van der Waals surface area contributed by atoms with Crippen molar-refractivity contribution in [2.45, 2.75) is 45.6 Å². The van der Waals surface area contributed by atoms with Crippen LogP contribution < -0.4 is 5.32 Å². The fourth-order valence-corrected chi connectivity index (χ4v) is 3.02. The highest BCUT2D eigenvalue weighted by atomic mass is 15.3. The number of aryl methyl sites for hydroxylation is 1. The zero-order valence-electron chi connectivity index (χ0n) is 12.3. The van der Waals surface area contributed by atoms with Gasteiger partial charge >= 0.3 is 0 Å². The van der Waals surface area contributed by atoms with Crippen LogP contribution in [0, 0.1) is 6.92 Å². The summed E-state index contributed by atoms with van der Waals surface area (Å²) in [4.78, 5) is 4.47. The number of rotatable bonds is 3. The molecular formula is C16H22N4. The van der Waals surface area contributed by atoms with E-state index in [1.54, 1.807) is 0 Å². The van der Waals surface area contributed by atoms with Crippen molar-refractivity contribution in [1.82, 2.24) is 20.1 Å². The number of nitrogens with zero attached hydrogens (tertiary/aromatic N) is 3. The van der Waals surface area contributed by atoms with Gasteiger partial charge in [-0.15, -0.1) is 0 Å². The number of hydrogen-bond acceptors (Lipinski definition) is 3. The summed E-state index contributed by atoms with van der Waals surface area (Å²) in [5.74, 6) is 0.934. The lowest BCUT2D eigenvalue weighted by molar-refractivity contribution is 0.503. The normalized spacial score (nSPS) is 18.6. The van der Waals surface area contributed by atoms with E-state index < -0.39 is 0 Å². The van der Waals surface area contributed by atoms with E-state index in [4.69, 9.17) is 0 Å². The maximum absolute atomic E-state index is 4.60. The summed E-state index contributed by atoms with van der Waals surface area (Å²) in [7, 11) is 0. The van der Waals surface area contributed by atoms with E-state index in [0.29, 0.717) is 6.04 Å². The smallest absolute Gasteiger partial charge is 0.153 e. The Kier molecular flexibility index (Phi) is 3.83. The van der Waals surface area contributed by atoms with Crippen LogP contribution in [0.1, 0.15) is 49.0 Å². The van der Waals surface area contributed by atoms with Crippen LogP contribution in [0.5, 0.6) is 0 Å². The molecule has 1 aliphatic carbocycles. The summed E-state index contributed by atoms with van der Waals surface area (Å²) in [6, 6.07) is 4.56. The molecule has 0 aliphatic heterocycles. The lowest BCUT2D eigenvalue weighted by Crippen LogP contribution is -2.20. The van der Waals surface area contributed by atoms with Gasteiger partial charge in [-0.25, -0.2) is 9.67 Å². The van der Waals surface area contributed by atoms with E-state index in [0.717, 1.165) is 18.8 Å². The van der Waals surface area contributed by atoms with E-state index in [2.05, 4.69) is 35.3 Å². The minimum absolute atomic E-state index is 0.441. The van der Waals surface area contributed by atoms with Crippen LogP contribution in [-0.2, 0) is 6.42 Å². The topological polar surface area (TPSA) is 42.7 Å². The predicted octanol–water partition coefficient (Wildman–Crippen LogP) is 2.95. The summed E-state index contributed by atoms with van der Waals surface area (Å²) in [6.45, 7) is 5.25. The minimum Gasteiger partial charge on any atom is -0.310 e. The minimum atomic E-state index is 0.441. The first kappa shape index (κ1) is 13.3. The van der Waals surface area contributed by atoms with Crippen LogP contribution >= 0.6 is 0 Å². The van der Waals surface area contributed by atoms with Crippen molar-refractivity contribution >= 4 is 0 Å². The van der Waals surface area contributed by atoms with Crippen LogP contribution in [0.2, 0.25) is 0 Å². The third kappa shape index (κ3) is 2.48. The molecule has 0 aromatic carbocycles. The quantitative estimate of drug-likeness (QED) is 0.872. The average molecular weight is 270 g/mol. The Balaban J connectivity index is 2.02. The molecule has 0 spiro atoms. The maximum atomic E-state index is 4.60. The fraction of sp³-hybridized carbons (Fsp3) is 0.500. The first-order chi connectivity index (χ1) is 9.79. The van der Waals surface area contributed by atoms with E-state index in [9.17, 15) is 0 Å². The van der Waals surface area contributed by atoms with Gasteiger partial charge in [0.1, 0.15) is 0 Å². The van der Waals surface area contributed by atoms with Crippen molar-refractivity contribution in [2.24, 2.45) is 0 Å². The summed E-state index contributed by atoms with van der Waals surface area (Å²) in [6.07, 6.45) is 8.68. The molecule has 1 atom stereocenters. The van der Waals surface area contributed by atoms with Gasteiger partial charge in [0.05, 0.1) is 11.9 Å². The molecule has 2 aromatic rings. The SMILES string of the molecule is CCNC1CCCCc2c1cnn2-c1cc(C)ccn1. The second-order valence-electron chi connectivity index (χ2n) is 5.51. The number of fused-ring (bicyclic) bond motifs is 1. The molecule has 4 nitrogen and oxygen atoms in total. The summed E-state index contributed by atoms with van der Waals surface area (Å²) >= 11 is 0.